The van der Waals surface area contributed by atoms with Crippen molar-refractivity contribution in [2.75, 3.05) is 0 Å². The van der Waals surface area contributed by atoms with Gasteiger partial charge in [-0.1, -0.05) is 18.2 Å². The summed E-state index contributed by atoms with van der Waals surface area (Å²) in [5.41, 5.74) is 0.897. The Bertz CT molecular complexity index is 650. The third-order valence-electron chi connectivity index (χ3n) is 2.42. The largest absolute Gasteiger partial charge is 0.477 e. The van der Waals surface area contributed by atoms with Crippen molar-refractivity contribution < 1.29 is 9.90 Å². The highest BCUT2D eigenvalue weighted by Gasteiger charge is 2.09. The van der Waals surface area contributed by atoms with Crippen LogP contribution in [0.25, 0.3) is 21.1 Å². The van der Waals surface area contributed by atoms with Crippen LogP contribution in [0.3, 0.4) is 0 Å². The van der Waals surface area contributed by atoms with Crippen molar-refractivity contribution in [3.05, 3.63) is 41.3 Å². The van der Waals surface area contributed by atoms with Gasteiger partial charge in [0.1, 0.15) is 9.71 Å². The highest BCUT2D eigenvalue weighted by Crippen LogP contribution is 2.27. The number of para-hydroxylation sites is 1. The Morgan fingerprint density at radius 1 is 1.19 bits per heavy atom. The number of thiophene rings is 1. The molecule has 3 nitrogen and oxygen atoms in total. The normalized spacial score (nSPS) is 11.0. The summed E-state index contributed by atoms with van der Waals surface area (Å²) < 4.78 is 0. The Labute approximate surface area is 95.0 Å². The number of benzene rings is 1. The minimum atomic E-state index is -0.896. The molecule has 0 spiro atoms. The molecular weight excluding hydrogens is 222 g/mol. The van der Waals surface area contributed by atoms with Crippen LogP contribution in [0, 0.1) is 0 Å². The maximum atomic E-state index is 10.8. The van der Waals surface area contributed by atoms with E-state index in [2.05, 4.69) is 4.98 Å². The summed E-state index contributed by atoms with van der Waals surface area (Å²) in [4.78, 5) is 16.4. The van der Waals surface area contributed by atoms with E-state index in [0.29, 0.717) is 4.88 Å². The lowest BCUT2D eigenvalue weighted by molar-refractivity contribution is 0.0702. The molecule has 1 N–H and O–H groups in total. The number of carboxylic acids is 1. The molecule has 0 unspecified atom stereocenters. The number of fused-ring (bicyclic) bond motifs is 2. The summed E-state index contributed by atoms with van der Waals surface area (Å²) in [6, 6.07) is 11.4. The third-order valence-corrected chi connectivity index (χ3v) is 3.45. The average molecular weight is 229 g/mol. The van der Waals surface area contributed by atoms with Gasteiger partial charge >= 0.3 is 5.97 Å². The number of aromatic carboxylic acids is 1. The molecule has 0 saturated heterocycles. The maximum Gasteiger partial charge on any atom is 0.345 e. The highest BCUT2D eigenvalue weighted by molar-refractivity contribution is 7.20. The van der Waals surface area contributed by atoms with E-state index >= 15 is 0 Å². The van der Waals surface area contributed by atoms with Gasteiger partial charge in [0, 0.05) is 10.8 Å². The van der Waals surface area contributed by atoms with E-state index in [4.69, 9.17) is 5.11 Å². The van der Waals surface area contributed by atoms with Crippen LogP contribution in [0.4, 0.5) is 0 Å². The van der Waals surface area contributed by atoms with Gasteiger partial charge in [0.2, 0.25) is 0 Å². The van der Waals surface area contributed by atoms with E-state index in [9.17, 15) is 4.79 Å². The molecule has 0 saturated carbocycles. The summed E-state index contributed by atoms with van der Waals surface area (Å²) in [6.45, 7) is 0. The van der Waals surface area contributed by atoms with Crippen molar-refractivity contribution >= 4 is 38.4 Å². The number of aromatic nitrogens is 1. The smallest absolute Gasteiger partial charge is 0.345 e. The van der Waals surface area contributed by atoms with Crippen LogP contribution in [0.15, 0.2) is 36.4 Å². The Hall–Kier alpha value is -1.94. The van der Waals surface area contributed by atoms with Gasteiger partial charge in [-0.25, -0.2) is 9.78 Å². The van der Waals surface area contributed by atoms with Crippen molar-refractivity contribution in [2.45, 2.75) is 0 Å². The number of pyridine rings is 1. The van der Waals surface area contributed by atoms with E-state index in [1.165, 1.54) is 11.3 Å². The Balaban J connectivity index is 2.38. The number of hydrogen-bond acceptors (Lipinski definition) is 3. The molecule has 0 amide bonds. The zero-order valence-electron chi connectivity index (χ0n) is 8.18. The van der Waals surface area contributed by atoms with Crippen LogP contribution in [0.2, 0.25) is 0 Å². The quantitative estimate of drug-likeness (QED) is 0.697. The molecule has 0 radical (unpaired) electrons. The first-order valence-electron chi connectivity index (χ1n) is 4.77. The molecular formula is C12H7NO2S. The zero-order chi connectivity index (χ0) is 11.1. The fraction of sp³-hybridized carbons (Fsp3) is 0. The van der Waals surface area contributed by atoms with Crippen molar-refractivity contribution in [1.82, 2.24) is 4.98 Å². The summed E-state index contributed by atoms with van der Waals surface area (Å²) in [5, 5.41) is 10.8. The molecule has 3 aromatic rings. The molecule has 2 aromatic heterocycles. The first kappa shape index (κ1) is 9.30. The first-order valence-corrected chi connectivity index (χ1v) is 5.58. The van der Waals surface area contributed by atoms with Gasteiger partial charge in [-0.15, -0.1) is 11.3 Å². The average Bonchev–Trinajstić information content (AvgIpc) is 2.68. The van der Waals surface area contributed by atoms with Crippen LogP contribution in [0.1, 0.15) is 9.67 Å². The van der Waals surface area contributed by atoms with Gasteiger partial charge in [-0.3, -0.25) is 0 Å². The van der Waals surface area contributed by atoms with Crippen molar-refractivity contribution in [3.63, 3.8) is 0 Å². The maximum absolute atomic E-state index is 10.8. The molecule has 0 atom stereocenters. The van der Waals surface area contributed by atoms with Crippen LogP contribution >= 0.6 is 11.3 Å². The second-order valence-electron chi connectivity index (χ2n) is 3.49. The Morgan fingerprint density at radius 2 is 2.00 bits per heavy atom. The minimum Gasteiger partial charge on any atom is -0.477 e. The SMILES string of the molecule is O=C(O)c1cc2cc3ccccc3nc2s1. The topological polar surface area (TPSA) is 50.2 Å². The molecule has 2 heterocycles. The number of rotatable bonds is 1. The van der Waals surface area contributed by atoms with Gasteiger partial charge < -0.3 is 5.11 Å². The van der Waals surface area contributed by atoms with Crippen molar-refractivity contribution in [2.24, 2.45) is 0 Å². The fourth-order valence-corrected chi connectivity index (χ4v) is 2.54. The highest BCUT2D eigenvalue weighted by atomic mass is 32.1. The van der Waals surface area contributed by atoms with E-state index in [-0.39, 0.29) is 0 Å². The minimum absolute atomic E-state index is 0.331. The zero-order valence-corrected chi connectivity index (χ0v) is 8.99. The molecule has 0 bridgehead atoms. The lowest BCUT2D eigenvalue weighted by Gasteiger charge is -1.95. The molecule has 16 heavy (non-hydrogen) atoms. The molecule has 0 aliphatic rings. The predicted octanol–water partition coefficient (Wildman–Crippen LogP) is 3.15. The Kier molecular flexibility index (Phi) is 1.91. The van der Waals surface area contributed by atoms with Gasteiger partial charge in [0.05, 0.1) is 5.52 Å². The summed E-state index contributed by atoms with van der Waals surface area (Å²) in [6.07, 6.45) is 0. The van der Waals surface area contributed by atoms with Crippen LogP contribution < -0.4 is 0 Å². The lowest BCUT2D eigenvalue weighted by Crippen LogP contribution is -1.89. The fourth-order valence-electron chi connectivity index (χ4n) is 1.68. The summed E-state index contributed by atoms with van der Waals surface area (Å²) in [7, 11) is 0. The van der Waals surface area contributed by atoms with E-state index in [1.807, 2.05) is 30.3 Å². The van der Waals surface area contributed by atoms with Gasteiger partial charge in [-0.2, -0.15) is 0 Å². The number of hydrogen-bond donors (Lipinski definition) is 1. The predicted molar refractivity (Wildman–Crippen MR) is 64.1 cm³/mol. The van der Waals surface area contributed by atoms with E-state index in [1.54, 1.807) is 6.07 Å². The van der Waals surface area contributed by atoms with Crippen molar-refractivity contribution in [3.8, 4) is 0 Å². The molecule has 3 rings (SSSR count). The third kappa shape index (κ3) is 1.35. The van der Waals surface area contributed by atoms with Crippen LogP contribution in [0.5, 0.6) is 0 Å². The lowest BCUT2D eigenvalue weighted by atomic mass is 10.2. The van der Waals surface area contributed by atoms with Gasteiger partial charge in [-0.05, 0) is 18.2 Å². The van der Waals surface area contributed by atoms with Crippen LogP contribution in [-0.4, -0.2) is 16.1 Å². The molecule has 78 valence electrons. The standard InChI is InChI=1S/C12H7NO2S/c14-12(15)10-6-8-5-7-3-1-2-4-9(7)13-11(8)16-10/h1-6H,(H,14,15). The number of carbonyl (C=O) groups is 1. The molecule has 0 aliphatic heterocycles. The molecule has 0 aliphatic carbocycles. The molecule has 4 heteroatoms. The van der Waals surface area contributed by atoms with Gasteiger partial charge in [0.25, 0.3) is 0 Å². The van der Waals surface area contributed by atoms with Gasteiger partial charge in [0.15, 0.2) is 0 Å². The number of nitrogens with zero attached hydrogens (tertiary/aromatic N) is 1. The first-order chi connectivity index (χ1) is 7.74. The Morgan fingerprint density at radius 3 is 2.81 bits per heavy atom. The molecule has 1 aromatic carbocycles. The number of carboxylic acid groups (broad SMARTS) is 1. The van der Waals surface area contributed by atoms with E-state index in [0.717, 1.165) is 21.1 Å². The van der Waals surface area contributed by atoms with Crippen molar-refractivity contribution in [1.29, 1.82) is 0 Å². The second-order valence-corrected chi connectivity index (χ2v) is 4.52. The van der Waals surface area contributed by atoms with Crippen LogP contribution in [-0.2, 0) is 0 Å². The summed E-state index contributed by atoms with van der Waals surface area (Å²) in [5.74, 6) is -0.896. The summed E-state index contributed by atoms with van der Waals surface area (Å²) >= 11 is 1.21. The van der Waals surface area contributed by atoms with E-state index < -0.39 is 5.97 Å². The molecule has 0 fully saturated rings. The second kappa shape index (κ2) is 3.28. The monoisotopic (exact) mass is 229 g/mol.